The summed E-state index contributed by atoms with van der Waals surface area (Å²) in [5, 5.41) is 3.10. The highest BCUT2D eigenvalue weighted by Gasteiger charge is 2.31. The summed E-state index contributed by atoms with van der Waals surface area (Å²) in [5.41, 5.74) is 0.885. The zero-order valence-corrected chi connectivity index (χ0v) is 14.4. The van der Waals surface area contributed by atoms with E-state index >= 15 is 0 Å². The van der Waals surface area contributed by atoms with Gasteiger partial charge in [0.05, 0.1) is 12.2 Å². The number of sulfonamides is 1. The van der Waals surface area contributed by atoms with Gasteiger partial charge in [0.1, 0.15) is 10.6 Å². The van der Waals surface area contributed by atoms with Crippen molar-refractivity contribution in [3.8, 4) is 5.75 Å². The minimum atomic E-state index is -4.76. The number of ether oxygens (including phenoxy) is 1. The van der Waals surface area contributed by atoms with Crippen molar-refractivity contribution in [2.24, 2.45) is 4.99 Å². The smallest absolute Gasteiger partial charge is 0.406 e. The van der Waals surface area contributed by atoms with Crippen LogP contribution in [0.15, 0.2) is 52.4 Å². The first-order valence-electron chi connectivity index (χ1n) is 7.11. The van der Waals surface area contributed by atoms with Gasteiger partial charge < -0.3 is 10.1 Å². The van der Waals surface area contributed by atoms with Crippen LogP contribution in [0.2, 0.25) is 5.02 Å². The van der Waals surface area contributed by atoms with Gasteiger partial charge in [0.25, 0.3) is 10.0 Å². The molecule has 0 bridgehead atoms. The summed E-state index contributed by atoms with van der Waals surface area (Å²) in [6, 6.07) is 9.45. The molecule has 3 rings (SSSR count). The van der Waals surface area contributed by atoms with E-state index in [4.69, 9.17) is 11.6 Å². The maximum Gasteiger partial charge on any atom is 0.573 e. The molecule has 1 aliphatic heterocycles. The number of aliphatic imine (C=N–C) groups is 1. The van der Waals surface area contributed by atoms with E-state index in [1.54, 1.807) is 0 Å². The molecule has 11 heteroatoms. The fourth-order valence-electron chi connectivity index (χ4n) is 2.20. The van der Waals surface area contributed by atoms with Gasteiger partial charge in [-0.2, -0.15) is 0 Å². The van der Waals surface area contributed by atoms with Crippen molar-refractivity contribution in [3.63, 3.8) is 0 Å². The van der Waals surface area contributed by atoms with Gasteiger partial charge in [0.2, 0.25) is 5.96 Å². The van der Waals surface area contributed by atoms with Gasteiger partial charge >= 0.3 is 6.36 Å². The van der Waals surface area contributed by atoms with Crippen LogP contribution in [0.4, 0.5) is 18.9 Å². The summed E-state index contributed by atoms with van der Waals surface area (Å²) in [4.78, 5) is 4.09. The number of hydrogen-bond acceptors (Lipinski definition) is 4. The average Bonchev–Trinajstić information content (AvgIpc) is 2.53. The van der Waals surface area contributed by atoms with Gasteiger partial charge in [-0.15, -0.1) is 13.2 Å². The third-order valence-electron chi connectivity index (χ3n) is 3.29. The van der Waals surface area contributed by atoms with Crippen molar-refractivity contribution in [1.29, 1.82) is 0 Å². The van der Waals surface area contributed by atoms with Gasteiger partial charge in [0, 0.05) is 5.02 Å². The predicted molar refractivity (Wildman–Crippen MR) is 89.7 cm³/mol. The molecule has 0 fully saturated rings. The number of benzene rings is 2. The SMILES string of the molecule is O=S1(=O)NC(=NCc2ccc(OC(F)(F)F)cc2)Nc2ccc(Cl)cc21. The fraction of sp³-hybridized carbons (Fsp3) is 0.133. The van der Waals surface area contributed by atoms with Gasteiger partial charge in [0.15, 0.2) is 0 Å². The Morgan fingerprint density at radius 3 is 2.46 bits per heavy atom. The van der Waals surface area contributed by atoms with Gasteiger partial charge in [-0.1, -0.05) is 23.7 Å². The molecular weight excluding hydrogens is 395 g/mol. The molecule has 0 atom stereocenters. The number of guanidine groups is 1. The van der Waals surface area contributed by atoms with E-state index in [-0.39, 0.29) is 28.2 Å². The Kier molecular flexibility index (Phi) is 4.72. The molecule has 2 N–H and O–H groups in total. The number of anilines is 1. The topological polar surface area (TPSA) is 79.8 Å². The Hall–Kier alpha value is -2.46. The standard InChI is InChI=1S/C15H11ClF3N3O3S/c16-10-3-6-12-13(7-10)26(23,24)22-14(21-12)20-8-9-1-4-11(5-2-9)25-15(17,18)19/h1-7H,8H2,(H2,20,21,22). The number of hydrogen-bond donors (Lipinski definition) is 2. The maximum absolute atomic E-state index is 12.2. The molecule has 1 aliphatic rings. The van der Waals surface area contributed by atoms with Crippen LogP contribution in [0.5, 0.6) is 5.75 Å². The van der Waals surface area contributed by atoms with E-state index in [0.717, 1.165) is 12.1 Å². The second-order valence-electron chi connectivity index (χ2n) is 5.23. The van der Waals surface area contributed by atoms with E-state index in [2.05, 4.69) is 19.8 Å². The summed E-state index contributed by atoms with van der Waals surface area (Å²) in [5.74, 6) is -0.355. The normalized spacial score (nSPS) is 17.2. The van der Waals surface area contributed by atoms with E-state index in [1.165, 1.54) is 30.3 Å². The highest BCUT2D eigenvalue weighted by molar-refractivity contribution is 7.90. The summed E-state index contributed by atoms with van der Waals surface area (Å²) >= 11 is 5.80. The molecule has 0 spiro atoms. The van der Waals surface area contributed by atoms with Gasteiger partial charge in [-0.25, -0.2) is 18.1 Å². The third-order valence-corrected chi connectivity index (χ3v) is 4.91. The molecule has 138 valence electrons. The number of fused-ring (bicyclic) bond motifs is 1. The fourth-order valence-corrected chi connectivity index (χ4v) is 3.60. The molecule has 0 saturated carbocycles. The molecule has 1 heterocycles. The van der Waals surface area contributed by atoms with Crippen LogP contribution in [0.25, 0.3) is 0 Å². The molecule has 6 nitrogen and oxygen atoms in total. The zero-order chi connectivity index (χ0) is 18.9. The molecule has 0 saturated heterocycles. The number of nitrogens with zero attached hydrogens (tertiary/aromatic N) is 1. The lowest BCUT2D eigenvalue weighted by atomic mass is 10.2. The highest BCUT2D eigenvalue weighted by atomic mass is 35.5. The monoisotopic (exact) mass is 405 g/mol. The number of rotatable bonds is 3. The van der Waals surface area contributed by atoms with Gasteiger partial charge in [-0.05, 0) is 35.9 Å². The van der Waals surface area contributed by atoms with Crippen molar-refractivity contribution in [1.82, 2.24) is 4.72 Å². The summed E-state index contributed by atoms with van der Waals surface area (Å²) in [6.07, 6.45) is -4.76. The van der Waals surface area contributed by atoms with Crippen molar-refractivity contribution in [3.05, 3.63) is 53.1 Å². The minimum Gasteiger partial charge on any atom is -0.406 e. The van der Waals surface area contributed by atoms with Crippen molar-refractivity contribution in [2.45, 2.75) is 17.8 Å². The summed E-state index contributed by atoms with van der Waals surface area (Å²) in [7, 11) is -3.82. The Morgan fingerprint density at radius 1 is 1.12 bits per heavy atom. The first kappa shape index (κ1) is 18.3. The number of halogens is 4. The number of alkyl halides is 3. The molecule has 2 aromatic carbocycles. The van der Waals surface area contributed by atoms with Gasteiger partial charge in [-0.3, -0.25) is 0 Å². The minimum absolute atomic E-state index is 0.00222. The molecule has 0 unspecified atom stereocenters. The Morgan fingerprint density at radius 2 is 1.81 bits per heavy atom. The number of nitrogens with one attached hydrogen (secondary N) is 2. The lowest BCUT2D eigenvalue weighted by molar-refractivity contribution is -0.274. The summed E-state index contributed by atoms with van der Waals surface area (Å²) in [6.45, 7) is 0.0417. The molecule has 0 aliphatic carbocycles. The van der Waals surface area contributed by atoms with E-state index in [9.17, 15) is 21.6 Å². The van der Waals surface area contributed by atoms with Crippen LogP contribution in [0.3, 0.4) is 0 Å². The molecule has 2 aromatic rings. The quantitative estimate of drug-likeness (QED) is 0.819. The lowest BCUT2D eigenvalue weighted by Gasteiger charge is -2.21. The Labute approximate surface area is 151 Å². The van der Waals surface area contributed by atoms with Crippen LogP contribution >= 0.6 is 11.6 Å². The maximum atomic E-state index is 12.2. The first-order valence-corrected chi connectivity index (χ1v) is 8.97. The van der Waals surface area contributed by atoms with E-state index in [0.29, 0.717) is 11.3 Å². The highest BCUT2D eigenvalue weighted by Crippen LogP contribution is 2.28. The molecule has 26 heavy (non-hydrogen) atoms. The zero-order valence-electron chi connectivity index (χ0n) is 12.8. The molecule has 0 amide bonds. The van der Waals surface area contributed by atoms with Crippen LogP contribution in [0.1, 0.15) is 5.56 Å². The summed E-state index contributed by atoms with van der Waals surface area (Å²) < 4.78 is 66.8. The Balaban J connectivity index is 1.74. The molecular formula is C15H11ClF3N3O3S. The Bertz CT molecular complexity index is 960. The predicted octanol–water partition coefficient (Wildman–Crippen LogP) is 3.50. The largest absolute Gasteiger partial charge is 0.573 e. The molecule has 0 radical (unpaired) electrons. The van der Waals surface area contributed by atoms with Crippen molar-refractivity contribution >= 4 is 33.3 Å². The van der Waals surface area contributed by atoms with Crippen molar-refractivity contribution in [2.75, 3.05) is 5.32 Å². The van der Waals surface area contributed by atoms with E-state index in [1.807, 2.05) is 0 Å². The van der Waals surface area contributed by atoms with Crippen LogP contribution in [-0.4, -0.2) is 20.7 Å². The van der Waals surface area contributed by atoms with Crippen molar-refractivity contribution < 1.29 is 26.3 Å². The third kappa shape index (κ3) is 4.38. The second kappa shape index (κ2) is 6.69. The first-order chi connectivity index (χ1) is 12.1. The van der Waals surface area contributed by atoms with Crippen LogP contribution in [0, 0.1) is 0 Å². The van der Waals surface area contributed by atoms with Crippen LogP contribution in [-0.2, 0) is 16.6 Å². The molecule has 0 aromatic heterocycles. The van der Waals surface area contributed by atoms with Crippen LogP contribution < -0.4 is 14.8 Å². The lowest BCUT2D eigenvalue weighted by Crippen LogP contribution is -2.40. The van der Waals surface area contributed by atoms with E-state index < -0.39 is 16.4 Å². The average molecular weight is 406 g/mol. The second-order valence-corrected chi connectivity index (χ2v) is 7.31.